The van der Waals surface area contributed by atoms with E-state index in [-0.39, 0.29) is 23.4 Å². The molecule has 206 valence electrons. The highest BCUT2D eigenvalue weighted by atomic mass is 35.5. The van der Waals surface area contributed by atoms with Crippen LogP contribution in [0.15, 0.2) is 78.4 Å². The Bertz CT molecular complexity index is 1800. The van der Waals surface area contributed by atoms with Crippen molar-refractivity contribution < 1.29 is 4.79 Å². The summed E-state index contributed by atoms with van der Waals surface area (Å²) in [5.41, 5.74) is 5.67. The van der Waals surface area contributed by atoms with Crippen molar-refractivity contribution in [2.45, 2.75) is 32.2 Å². The highest BCUT2D eigenvalue weighted by Gasteiger charge is 2.24. The molecule has 11 heteroatoms. The van der Waals surface area contributed by atoms with Crippen molar-refractivity contribution in [3.05, 3.63) is 94.6 Å². The van der Waals surface area contributed by atoms with Gasteiger partial charge in [0.25, 0.3) is 5.56 Å². The summed E-state index contributed by atoms with van der Waals surface area (Å²) in [7, 11) is 1.83. The van der Waals surface area contributed by atoms with Crippen molar-refractivity contribution in [2.75, 3.05) is 5.32 Å². The lowest BCUT2D eigenvalue weighted by atomic mass is 9.96. The number of benzene rings is 1. The summed E-state index contributed by atoms with van der Waals surface area (Å²) >= 11 is 6.35. The van der Waals surface area contributed by atoms with Gasteiger partial charge in [0.15, 0.2) is 0 Å². The first-order valence-corrected chi connectivity index (χ1v) is 13.7. The third-order valence-electron chi connectivity index (χ3n) is 7.48. The fourth-order valence-corrected chi connectivity index (χ4v) is 5.48. The lowest BCUT2D eigenvalue weighted by molar-refractivity contribution is -0.119. The van der Waals surface area contributed by atoms with Crippen LogP contribution >= 0.6 is 11.6 Å². The molecular formula is C30H27ClN8O2. The number of aryl methyl sites for hydroxylation is 1. The van der Waals surface area contributed by atoms with E-state index in [4.69, 9.17) is 16.6 Å². The average molecular weight is 567 g/mol. The van der Waals surface area contributed by atoms with Crippen LogP contribution in [0.2, 0.25) is 5.02 Å². The predicted molar refractivity (Wildman–Crippen MR) is 156 cm³/mol. The number of carbonyl (C=O) groups excluding carboxylic acids is 1. The standard InChI is InChI=1S/C30H27ClN8O2/c1-18-4-3-5-27(25-12-19(8-10-32-25)29-26(37-30(18)41)16-36-38(29)2)39-17-33-24(14-28(39)40)23-13-21(31)6-7-22(23)20-9-11-34-35-15-20/h6-18,27H,3-5H2,1-2H3,(H,37,41). The number of amides is 1. The van der Waals surface area contributed by atoms with Crippen molar-refractivity contribution in [2.24, 2.45) is 13.0 Å². The van der Waals surface area contributed by atoms with Gasteiger partial charge in [-0.25, -0.2) is 4.98 Å². The topological polar surface area (TPSA) is 120 Å². The molecule has 5 heterocycles. The minimum absolute atomic E-state index is 0.0597. The number of hydrogen-bond donors (Lipinski definition) is 1. The predicted octanol–water partition coefficient (Wildman–Crippen LogP) is 5.16. The van der Waals surface area contributed by atoms with Crippen molar-refractivity contribution >= 4 is 23.2 Å². The molecule has 0 saturated heterocycles. The normalized spacial score (nSPS) is 17.2. The van der Waals surface area contributed by atoms with Crippen LogP contribution in [0, 0.1) is 5.92 Å². The van der Waals surface area contributed by atoms with E-state index in [0.717, 1.165) is 33.6 Å². The third-order valence-corrected chi connectivity index (χ3v) is 7.71. The second-order valence-electron chi connectivity index (χ2n) is 10.2. The Morgan fingerprint density at radius 3 is 2.59 bits per heavy atom. The van der Waals surface area contributed by atoms with Gasteiger partial charge in [-0.15, -0.1) is 0 Å². The van der Waals surface area contributed by atoms with Crippen LogP contribution in [0.3, 0.4) is 0 Å². The zero-order valence-corrected chi connectivity index (χ0v) is 23.3. The van der Waals surface area contributed by atoms with E-state index in [1.165, 1.54) is 6.07 Å². The van der Waals surface area contributed by atoms with Gasteiger partial charge in [0.05, 0.1) is 53.7 Å². The van der Waals surface area contributed by atoms with Crippen LogP contribution in [0.5, 0.6) is 0 Å². The first kappa shape index (κ1) is 26.5. The molecule has 1 aliphatic rings. The Labute approximate surface area is 241 Å². The molecule has 5 aromatic rings. The molecule has 2 atom stereocenters. The minimum Gasteiger partial charge on any atom is -0.323 e. The maximum Gasteiger partial charge on any atom is 0.254 e. The van der Waals surface area contributed by atoms with Crippen molar-refractivity contribution in [1.82, 2.24) is 34.5 Å². The Hall–Kier alpha value is -4.70. The number of aromatic nitrogens is 7. The molecule has 41 heavy (non-hydrogen) atoms. The zero-order valence-electron chi connectivity index (χ0n) is 22.5. The molecule has 1 aliphatic heterocycles. The van der Waals surface area contributed by atoms with E-state index in [0.29, 0.717) is 35.7 Å². The van der Waals surface area contributed by atoms with E-state index < -0.39 is 0 Å². The van der Waals surface area contributed by atoms with Gasteiger partial charge in [-0.2, -0.15) is 15.3 Å². The third kappa shape index (κ3) is 5.26. The fraction of sp³-hybridized carbons (Fsp3) is 0.233. The summed E-state index contributed by atoms with van der Waals surface area (Å²) < 4.78 is 3.35. The Kier molecular flexibility index (Phi) is 7.15. The van der Waals surface area contributed by atoms with Crippen LogP contribution in [-0.4, -0.2) is 40.4 Å². The average Bonchev–Trinajstić information content (AvgIpc) is 3.34. The lowest BCUT2D eigenvalue weighted by Crippen LogP contribution is -2.27. The largest absolute Gasteiger partial charge is 0.323 e. The van der Waals surface area contributed by atoms with Gasteiger partial charge >= 0.3 is 0 Å². The molecule has 1 aromatic carbocycles. The zero-order chi connectivity index (χ0) is 28.5. The SMILES string of the molecule is CC1CCCC(n2cnc(-c3cc(Cl)ccc3-c3ccnnc3)cc2=O)c2cc(ccn2)-c2c(cnn2C)NC1=O. The molecule has 0 saturated carbocycles. The molecule has 2 unspecified atom stereocenters. The Balaban J connectivity index is 1.44. The number of rotatable bonds is 3. The summed E-state index contributed by atoms with van der Waals surface area (Å²) in [5, 5.41) is 15.8. The maximum absolute atomic E-state index is 13.7. The number of anilines is 1. The van der Waals surface area contributed by atoms with E-state index >= 15 is 0 Å². The molecule has 0 spiro atoms. The molecule has 1 amide bonds. The monoisotopic (exact) mass is 566 g/mol. The highest BCUT2D eigenvalue weighted by molar-refractivity contribution is 6.31. The summed E-state index contributed by atoms with van der Waals surface area (Å²) in [5.74, 6) is -0.272. The molecule has 6 rings (SSSR count). The van der Waals surface area contributed by atoms with Crippen LogP contribution in [0.1, 0.15) is 37.9 Å². The number of pyridine rings is 1. The smallest absolute Gasteiger partial charge is 0.254 e. The first-order valence-electron chi connectivity index (χ1n) is 13.3. The molecule has 0 aliphatic carbocycles. The van der Waals surface area contributed by atoms with Gasteiger partial charge in [0.1, 0.15) is 0 Å². The van der Waals surface area contributed by atoms with Crippen LogP contribution < -0.4 is 10.9 Å². The number of halogens is 1. The summed E-state index contributed by atoms with van der Waals surface area (Å²) in [6.07, 6.45) is 10.2. The quantitative estimate of drug-likeness (QED) is 0.320. The van der Waals surface area contributed by atoms with Gasteiger partial charge in [-0.3, -0.25) is 23.8 Å². The van der Waals surface area contributed by atoms with Crippen LogP contribution in [-0.2, 0) is 11.8 Å². The second-order valence-corrected chi connectivity index (χ2v) is 10.6. The molecule has 1 N–H and O–H groups in total. The van der Waals surface area contributed by atoms with Gasteiger partial charge in [-0.05, 0) is 48.7 Å². The maximum atomic E-state index is 13.7. The van der Waals surface area contributed by atoms with Gasteiger partial charge in [0, 0.05) is 46.9 Å². The first-order chi connectivity index (χ1) is 19.9. The van der Waals surface area contributed by atoms with Crippen molar-refractivity contribution in [3.63, 3.8) is 0 Å². The summed E-state index contributed by atoms with van der Waals surface area (Å²) in [6, 6.07) is 12.3. The molecule has 0 fully saturated rings. The van der Waals surface area contributed by atoms with Crippen molar-refractivity contribution in [1.29, 1.82) is 0 Å². The minimum atomic E-state index is -0.376. The van der Waals surface area contributed by atoms with E-state index in [9.17, 15) is 9.59 Å². The molecule has 10 nitrogen and oxygen atoms in total. The van der Waals surface area contributed by atoms with Crippen LogP contribution in [0.4, 0.5) is 5.69 Å². The fourth-order valence-electron chi connectivity index (χ4n) is 5.30. The van der Waals surface area contributed by atoms with Crippen LogP contribution in [0.25, 0.3) is 33.6 Å². The number of fused-ring (bicyclic) bond motifs is 4. The molecule has 4 aromatic heterocycles. The molecule has 2 bridgehead atoms. The lowest BCUT2D eigenvalue weighted by Gasteiger charge is -2.22. The second kappa shape index (κ2) is 11.1. The summed E-state index contributed by atoms with van der Waals surface area (Å²) in [6.45, 7) is 1.91. The van der Waals surface area contributed by atoms with E-state index in [2.05, 4.69) is 25.6 Å². The van der Waals surface area contributed by atoms with E-state index in [1.54, 1.807) is 52.5 Å². The Morgan fingerprint density at radius 1 is 0.927 bits per heavy atom. The van der Waals surface area contributed by atoms with Gasteiger partial charge in [0.2, 0.25) is 5.91 Å². The van der Waals surface area contributed by atoms with Crippen molar-refractivity contribution in [3.8, 4) is 33.6 Å². The number of nitrogens with zero attached hydrogens (tertiary/aromatic N) is 7. The Morgan fingerprint density at radius 2 is 1.78 bits per heavy atom. The molecule has 0 radical (unpaired) electrons. The van der Waals surface area contributed by atoms with E-state index in [1.807, 2.05) is 38.2 Å². The molecular weight excluding hydrogens is 540 g/mol. The van der Waals surface area contributed by atoms with Gasteiger partial charge in [-0.1, -0.05) is 31.0 Å². The number of nitrogens with one attached hydrogen (secondary N) is 1. The number of hydrogen-bond acceptors (Lipinski definition) is 7. The number of carbonyl (C=O) groups is 1. The van der Waals surface area contributed by atoms with Gasteiger partial charge < -0.3 is 5.32 Å². The summed E-state index contributed by atoms with van der Waals surface area (Å²) in [4.78, 5) is 36.0. The highest BCUT2D eigenvalue weighted by Crippen LogP contribution is 2.34.